The van der Waals surface area contributed by atoms with Crippen molar-refractivity contribution in [3.8, 4) is 0 Å². The topological polar surface area (TPSA) is 101 Å². The molecule has 1 saturated heterocycles. The molecule has 7 nitrogen and oxygen atoms in total. The van der Waals surface area contributed by atoms with Gasteiger partial charge in [-0.15, -0.1) is 0 Å². The summed E-state index contributed by atoms with van der Waals surface area (Å²) in [5.41, 5.74) is 6.01. The first kappa shape index (κ1) is 20.8. The largest absolute Gasteiger partial charge is 0.398 e. The molecule has 1 aromatic heterocycles. The highest BCUT2D eigenvalue weighted by atomic mass is 79.9. The number of nitrogens with two attached hydrogens (primary N) is 1. The van der Waals surface area contributed by atoms with Gasteiger partial charge >= 0.3 is 0 Å². The average molecular weight is 492 g/mol. The molecule has 0 saturated carbocycles. The number of hydrogen-bond acceptors (Lipinski definition) is 5. The van der Waals surface area contributed by atoms with Gasteiger partial charge in [-0.05, 0) is 49.2 Å². The third-order valence-electron chi connectivity index (χ3n) is 5.48. The normalized spacial score (nSPS) is 16.0. The lowest BCUT2D eigenvalue weighted by Gasteiger charge is -2.38. The van der Waals surface area contributed by atoms with Crippen LogP contribution in [0.25, 0.3) is 10.9 Å². The van der Waals surface area contributed by atoms with E-state index in [1.807, 2.05) is 0 Å². The first-order valence-electron chi connectivity index (χ1n) is 9.47. The van der Waals surface area contributed by atoms with Gasteiger partial charge < -0.3 is 15.7 Å². The van der Waals surface area contributed by atoms with Crippen LogP contribution in [-0.2, 0) is 6.54 Å². The van der Waals surface area contributed by atoms with Crippen molar-refractivity contribution >= 4 is 50.0 Å². The van der Waals surface area contributed by atoms with Crippen molar-refractivity contribution in [1.29, 1.82) is 0 Å². The Bertz CT molecular complexity index is 1190. The number of halogens is 2. The van der Waals surface area contributed by atoms with Crippen LogP contribution in [0, 0.1) is 0 Å². The van der Waals surface area contributed by atoms with E-state index in [1.54, 1.807) is 41.3 Å². The second-order valence-electron chi connectivity index (χ2n) is 7.59. The molecular formula is C21H20BrClN4O3. The molecule has 0 radical (unpaired) electrons. The van der Waals surface area contributed by atoms with E-state index in [0.29, 0.717) is 53.1 Å². The number of nitrogen functional groups attached to an aromatic ring is 1. The quantitative estimate of drug-likeness (QED) is 0.548. The van der Waals surface area contributed by atoms with Gasteiger partial charge in [0.15, 0.2) is 0 Å². The smallest absolute Gasteiger partial charge is 0.261 e. The number of benzene rings is 2. The van der Waals surface area contributed by atoms with Crippen LogP contribution in [-0.4, -0.2) is 44.2 Å². The number of nitrogens with zero attached hydrogens (tertiary/aromatic N) is 3. The summed E-state index contributed by atoms with van der Waals surface area (Å²) >= 11 is 9.29. The fourth-order valence-corrected chi connectivity index (χ4v) is 4.29. The SMILES string of the molecule is Nc1cc(Br)ccc1C(=O)N1CCC(O)(Cn2cnc3cc(Cl)ccc3c2=O)CC1. The Hall–Kier alpha value is -2.42. The molecule has 0 aliphatic carbocycles. The Morgan fingerprint density at radius 2 is 1.97 bits per heavy atom. The minimum Gasteiger partial charge on any atom is -0.398 e. The molecule has 0 bridgehead atoms. The molecule has 0 unspecified atom stereocenters. The minimum atomic E-state index is -1.10. The van der Waals surface area contributed by atoms with Crippen molar-refractivity contribution in [2.24, 2.45) is 0 Å². The summed E-state index contributed by atoms with van der Waals surface area (Å²) < 4.78 is 2.22. The zero-order chi connectivity index (χ0) is 21.5. The zero-order valence-corrected chi connectivity index (χ0v) is 18.4. The van der Waals surface area contributed by atoms with Crippen LogP contribution in [0.4, 0.5) is 5.69 Å². The van der Waals surface area contributed by atoms with Crippen LogP contribution in [0.15, 0.2) is 52.0 Å². The van der Waals surface area contributed by atoms with Crippen molar-refractivity contribution in [2.75, 3.05) is 18.8 Å². The maximum atomic E-state index is 12.8. The van der Waals surface area contributed by atoms with E-state index in [-0.39, 0.29) is 18.0 Å². The van der Waals surface area contributed by atoms with Crippen LogP contribution >= 0.6 is 27.5 Å². The van der Waals surface area contributed by atoms with Gasteiger partial charge in [-0.2, -0.15) is 0 Å². The van der Waals surface area contributed by atoms with Crippen LogP contribution in [0.3, 0.4) is 0 Å². The van der Waals surface area contributed by atoms with Crippen LogP contribution in [0.2, 0.25) is 5.02 Å². The Kier molecular flexibility index (Phi) is 5.57. The predicted molar refractivity (Wildman–Crippen MR) is 120 cm³/mol. The molecule has 0 atom stereocenters. The number of anilines is 1. The van der Waals surface area contributed by atoms with E-state index < -0.39 is 5.60 Å². The summed E-state index contributed by atoms with van der Waals surface area (Å²) in [5.74, 6) is -0.163. The van der Waals surface area contributed by atoms with Gasteiger partial charge in [0, 0.05) is 28.3 Å². The Balaban J connectivity index is 1.48. The van der Waals surface area contributed by atoms with Crippen molar-refractivity contribution in [1.82, 2.24) is 14.5 Å². The third kappa shape index (κ3) is 4.08. The monoisotopic (exact) mass is 490 g/mol. The van der Waals surface area contributed by atoms with Crippen molar-refractivity contribution in [2.45, 2.75) is 25.0 Å². The second kappa shape index (κ2) is 8.02. The molecule has 9 heteroatoms. The maximum absolute atomic E-state index is 12.8. The van der Waals surface area contributed by atoms with Gasteiger partial charge in [-0.25, -0.2) is 4.98 Å². The number of amides is 1. The molecule has 30 heavy (non-hydrogen) atoms. The summed E-state index contributed by atoms with van der Waals surface area (Å²) in [7, 11) is 0. The summed E-state index contributed by atoms with van der Waals surface area (Å²) in [4.78, 5) is 31.5. The molecule has 3 N–H and O–H groups in total. The van der Waals surface area contributed by atoms with Gasteiger partial charge in [-0.1, -0.05) is 27.5 Å². The van der Waals surface area contributed by atoms with E-state index in [2.05, 4.69) is 20.9 Å². The van der Waals surface area contributed by atoms with Crippen LogP contribution in [0.5, 0.6) is 0 Å². The molecule has 156 valence electrons. The predicted octanol–water partition coefficient (Wildman–Crippen LogP) is 3.06. The Labute approximate surface area is 186 Å². The van der Waals surface area contributed by atoms with Gasteiger partial charge in [0.1, 0.15) is 0 Å². The average Bonchev–Trinajstić information content (AvgIpc) is 2.70. The Morgan fingerprint density at radius 3 is 2.67 bits per heavy atom. The number of piperidine rings is 1. The number of aromatic nitrogens is 2. The summed E-state index contributed by atoms with van der Waals surface area (Å²) in [6, 6.07) is 10.1. The van der Waals surface area contributed by atoms with Crippen LogP contribution in [0.1, 0.15) is 23.2 Å². The number of fused-ring (bicyclic) bond motifs is 1. The van der Waals surface area contributed by atoms with Crippen molar-refractivity contribution in [3.05, 3.63) is 68.1 Å². The lowest BCUT2D eigenvalue weighted by atomic mass is 9.90. The molecule has 1 aliphatic rings. The highest BCUT2D eigenvalue weighted by Gasteiger charge is 2.35. The molecule has 1 fully saturated rings. The van der Waals surface area contributed by atoms with E-state index in [1.165, 1.54) is 10.9 Å². The number of carbonyl (C=O) groups excluding carboxylic acids is 1. The molecule has 1 aliphatic heterocycles. The third-order valence-corrected chi connectivity index (χ3v) is 6.21. The first-order valence-corrected chi connectivity index (χ1v) is 10.6. The molecule has 2 heterocycles. The summed E-state index contributed by atoms with van der Waals surface area (Å²) in [6.07, 6.45) is 2.12. The molecular weight excluding hydrogens is 472 g/mol. The van der Waals surface area contributed by atoms with E-state index in [9.17, 15) is 14.7 Å². The molecule has 3 aromatic rings. The van der Waals surface area contributed by atoms with Gasteiger partial charge in [0.05, 0.1) is 34.9 Å². The van der Waals surface area contributed by atoms with Gasteiger partial charge in [0.25, 0.3) is 11.5 Å². The first-order chi connectivity index (χ1) is 14.3. The van der Waals surface area contributed by atoms with Crippen LogP contribution < -0.4 is 11.3 Å². The van der Waals surface area contributed by atoms with Gasteiger partial charge in [0.2, 0.25) is 0 Å². The van der Waals surface area contributed by atoms with E-state index in [0.717, 1.165) is 4.47 Å². The fourth-order valence-electron chi connectivity index (χ4n) is 3.74. The molecule has 1 amide bonds. The van der Waals surface area contributed by atoms with Crippen molar-refractivity contribution < 1.29 is 9.90 Å². The van der Waals surface area contributed by atoms with E-state index in [4.69, 9.17) is 17.3 Å². The summed E-state index contributed by atoms with van der Waals surface area (Å²) in [5, 5.41) is 12.0. The highest BCUT2D eigenvalue weighted by molar-refractivity contribution is 9.10. The standard InChI is InChI=1S/C21H20BrClN4O3/c22-13-1-3-15(17(24)9-13)19(28)26-7-5-21(30,6-8-26)11-27-12-25-18-10-14(23)2-4-16(18)20(27)29/h1-4,9-10,12,30H,5-8,11,24H2. The lowest BCUT2D eigenvalue weighted by Crippen LogP contribution is -2.49. The zero-order valence-electron chi connectivity index (χ0n) is 16.0. The lowest BCUT2D eigenvalue weighted by molar-refractivity contribution is -0.0299. The minimum absolute atomic E-state index is 0.111. The number of rotatable bonds is 3. The summed E-state index contributed by atoms with van der Waals surface area (Å²) in [6.45, 7) is 0.853. The maximum Gasteiger partial charge on any atom is 0.261 e. The number of hydrogen-bond donors (Lipinski definition) is 2. The number of likely N-dealkylation sites (tertiary alicyclic amines) is 1. The fraction of sp³-hybridized carbons (Fsp3) is 0.286. The van der Waals surface area contributed by atoms with Gasteiger partial charge in [-0.3, -0.25) is 14.2 Å². The molecule has 2 aromatic carbocycles. The number of aliphatic hydroxyl groups is 1. The molecule has 0 spiro atoms. The highest BCUT2D eigenvalue weighted by Crippen LogP contribution is 2.27. The number of carbonyl (C=O) groups is 1. The van der Waals surface area contributed by atoms with E-state index >= 15 is 0 Å². The Morgan fingerprint density at radius 1 is 1.23 bits per heavy atom. The second-order valence-corrected chi connectivity index (χ2v) is 8.94. The molecule has 4 rings (SSSR count). The van der Waals surface area contributed by atoms with Crippen molar-refractivity contribution in [3.63, 3.8) is 0 Å².